The fraction of sp³-hybridized carbons (Fsp3) is 0.111. The highest BCUT2D eigenvalue weighted by atomic mass is 32.2. The molecule has 1 aliphatic heterocycles. The quantitative estimate of drug-likeness (QED) is 0.718. The Morgan fingerprint density at radius 3 is 2.71 bits per heavy atom. The van der Waals surface area contributed by atoms with Crippen LogP contribution in [-0.4, -0.2) is 15.0 Å². The summed E-state index contributed by atoms with van der Waals surface area (Å²) in [6, 6.07) is 7.48. The Hall–Kier alpha value is -1.33. The van der Waals surface area contributed by atoms with E-state index in [4.69, 9.17) is 5.14 Å². The fourth-order valence-electron chi connectivity index (χ4n) is 1.37. The molecule has 0 radical (unpaired) electrons. The highest BCUT2D eigenvalue weighted by Gasteiger charge is 2.16. The molecule has 2 rings (SSSR count). The van der Waals surface area contributed by atoms with E-state index in [9.17, 15) is 8.42 Å². The van der Waals surface area contributed by atoms with E-state index in [0.29, 0.717) is 0 Å². The minimum absolute atomic E-state index is 0.219. The fourth-order valence-corrected chi connectivity index (χ4v) is 1.94. The molecule has 4 nitrogen and oxygen atoms in total. The first-order valence-electron chi connectivity index (χ1n) is 4.13. The lowest BCUT2D eigenvalue weighted by molar-refractivity contribution is 0.603. The Morgan fingerprint density at radius 2 is 2.00 bits per heavy atom. The second kappa shape index (κ2) is 3.11. The van der Waals surface area contributed by atoms with Crippen molar-refractivity contribution < 1.29 is 8.42 Å². The number of hydrogen-bond acceptors (Lipinski definition) is 3. The van der Waals surface area contributed by atoms with Crippen molar-refractivity contribution in [2.45, 2.75) is 0 Å². The second-order valence-electron chi connectivity index (χ2n) is 3.10. The molecule has 0 fully saturated rings. The zero-order chi connectivity index (χ0) is 10.2. The van der Waals surface area contributed by atoms with Gasteiger partial charge in [-0.2, -0.15) is 0 Å². The number of anilines is 1. The summed E-state index contributed by atoms with van der Waals surface area (Å²) < 4.78 is 22.1. The largest absolute Gasteiger partial charge is 0.380 e. The first-order chi connectivity index (χ1) is 6.57. The Bertz CT molecular complexity index is 491. The monoisotopic (exact) mass is 210 g/mol. The predicted octanol–water partition coefficient (Wildman–Crippen LogP) is 0.742. The van der Waals surface area contributed by atoms with Crippen LogP contribution in [0.5, 0.6) is 0 Å². The average molecular weight is 210 g/mol. The summed E-state index contributed by atoms with van der Waals surface area (Å²) in [5, 5.41) is 8.02. The molecule has 0 unspecified atom stereocenters. The molecule has 0 spiro atoms. The van der Waals surface area contributed by atoms with Crippen LogP contribution in [0.1, 0.15) is 5.56 Å². The molecular weight excluding hydrogens is 200 g/mol. The summed E-state index contributed by atoms with van der Waals surface area (Å²) in [5.74, 6) is 0. The number of nitrogens with two attached hydrogens (primary N) is 1. The smallest absolute Gasteiger partial charge is 0.235 e. The molecule has 74 valence electrons. The van der Waals surface area contributed by atoms with E-state index >= 15 is 0 Å². The van der Waals surface area contributed by atoms with Crippen molar-refractivity contribution in [1.29, 1.82) is 0 Å². The van der Waals surface area contributed by atoms with E-state index in [2.05, 4.69) is 5.32 Å². The molecule has 0 saturated heterocycles. The summed E-state index contributed by atoms with van der Waals surface area (Å²) in [5.41, 5.74) is 1.78. The lowest BCUT2D eigenvalue weighted by atomic mass is 10.1. The van der Waals surface area contributed by atoms with Gasteiger partial charge in [-0.05, 0) is 17.7 Å². The van der Waals surface area contributed by atoms with E-state index in [1.807, 2.05) is 24.3 Å². The molecule has 3 N–H and O–H groups in total. The first-order valence-corrected chi connectivity index (χ1v) is 5.68. The molecule has 1 aromatic carbocycles. The van der Waals surface area contributed by atoms with Gasteiger partial charge in [0.15, 0.2) is 0 Å². The zero-order valence-corrected chi connectivity index (χ0v) is 8.21. The van der Waals surface area contributed by atoms with Gasteiger partial charge in [-0.25, -0.2) is 13.6 Å². The van der Waals surface area contributed by atoms with Crippen molar-refractivity contribution in [2.75, 3.05) is 11.9 Å². The predicted molar refractivity (Wildman–Crippen MR) is 56.0 cm³/mol. The van der Waals surface area contributed by atoms with E-state index < -0.39 is 10.0 Å². The SMILES string of the molecule is NS(=O)(=O)C1=Cc2ccccc2NC1. The molecule has 0 amide bonds. The molecule has 1 aliphatic rings. The lowest BCUT2D eigenvalue weighted by Gasteiger charge is -2.16. The van der Waals surface area contributed by atoms with Crippen LogP contribution in [0.4, 0.5) is 5.69 Å². The molecule has 0 aromatic heterocycles. The Balaban J connectivity index is 2.51. The molecule has 1 aromatic rings. The van der Waals surface area contributed by atoms with Gasteiger partial charge in [0.25, 0.3) is 0 Å². The van der Waals surface area contributed by atoms with Gasteiger partial charge in [-0.15, -0.1) is 0 Å². The van der Waals surface area contributed by atoms with Crippen LogP contribution in [0.25, 0.3) is 6.08 Å². The van der Waals surface area contributed by atoms with Crippen LogP contribution in [0, 0.1) is 0 Å². The van der Waals surface area contributed by atoms with Crippen LogP contribution in [0.2, 0.25) is 0 Å². The van der Waals surface area contributed by atoms with Crippen molar-refractivity contribution >= 4 is 21.8 Å². The highest BCUT2D eigenvalue weighted by molar-refractivity contribution is 7.93. The van der Waals surface area contributed by atoms with E-state index in [0.717, 1.165) is 11.3 Å². The number of primary sulfonamides is 1. The number of para-hydroxylation sites is 1. The minimum atomic E-state index is -3.57. The molecule has 0 aliphatic carbocycles. The van der Waals surface area contributed by atoms with Gasteiger partial charge in [0.1, 0.15) is 0 Å². The second-order valence-corrected chi connectivity index (χ2v) is 4.71. The first kappa shape index (κ1) is 9.23. The average Bonchev–Trinajstić information content (AvgIpc) is 2.16. The Morgan fingerprint density at radius 1 is 1.29 bits per heavy atom. The van der Waals surface area contributed by atoms with Crippen molar-refractivity contribution in [2.24, 2.45) is 5.14 Å². The third-order valence-electron chi connectivity index (χ3n) is 2.10. The van der Waals surface area contributed by atoms with Crippen LogP contribution < -0.4 is 10.5 Å². The summed E-state index contributed by atoms with van der Waals surface area (Å²) in [4.78, 5) is 0.219. The van der Waals surface area contributed by atoms with Crippen molar-refractivity contribution in [3.63, 3.8) is 0 Å². The Labute approximate surface area is 82.5 Å². The van der Waals surface area contributed by atoms with Crippen LogP contribution in [-0.2, 0) is 10.0 Å². The van der Waals surface area contributed by atoms with Gasteiger partial charge in [-0.1, -0.05) is 18.2 Å². The minimum Gasteiger partial charge on any atom is -0.380 e. The van der Waals surface area contributed by atoms with Gasteiger partial charge in [0, 0.05) is 5.69 Å². The van der Waals surface area contributed by atoms with E-state index in [1.165, 1.54) is 0 Å². The molecule has 0 saturated carbocycles. The molecule has 1 heterocycles. The van der Waals surface area contributed by atoms with Gasteiger partial charge in [0.2, 0.25) is 10.0 Å². The zero-order valence-electron chi connectivity index (χ0n) is 7.40. The van der Waals surface area contributed by atoms with E-state index in [1.54, 1.807) is 6.08 Å². The topological polar surface area (TPSA) is 72.2 Å². The number of benzene rings is 1. The Kier molecular flexibility index (Phi) is 2.05. The normalized spacial score (nSPS) is 15.4. The third-order valence-corrected chi connectivity index (χ3v) is 3.09. The van der Waals surface area contributed by atoms with Gasteiger partial charge >= 0.3 is 0 Å². The van der Waals surface area contributed by atoms with Crippen molar-refractivity contribution in [1.82, 2.24) is 0 Å². The van der Waals surface area contributed by atoms with Gasteiger partial charge in [-0.3, -0.25) is 0 Å². The molecular formula is C9H10N2O2S. The number of hydrogen-bond donors (Lipinski definition) is 2. The van der Waals surface area contributed by atoms with Gasteiger partial charge in [0.05, 0.1) is 11.4 Å². The molecule has 0 bridgehead atoms. The maximum atomic E-state index is 11.1. The van der Waals surface area contributed by atoms with Crippen molar-refractivity contribution in [3.8, 4) is 0 Å². The maximum Gasteiger partial charge on any atom is 0.235 e. The molecule has 14 heavy (non-hydrogen) atoms. The van der Waals surface area contributed by atoms with Crippen LogP contribution in [0.15, 0.2) is 29.2 Å². The number of rotatable bonds is 1. The van der Waals surface area contributed by atoms with E-state index in [-0.39, 0.29) is 11.4 Å². The lowest BCUT2D eigenvalue weighted by Crippen LogP contribution is -2.22. The standard InChI is InChI=1S/C9H10N2O2S/c10-14(12,13)8-5-7-3-1-2-4-9(7)11-6-8/h1-5,11H,6H2,(H2,10,12,13). The number of sulfonamides is 1. The highest BCUT2D eigenvalue weighted by Crippen LogP contribution is 2.24. The summed E-state index contributed by atoms with van der Waals surface area (Å²) in [6.45, 7) is 0.260. The molecule has 0 atom stereocenters. The summed E-state index contributed by atoms with van der Waals surface area (Å²) in [7, 11) is -3.57. The summed E-state index contributed by atoms with van der Waals surface area (Å²) >= 11 is 0. The number of fused-ring (bicyclic) bond motifs is 1. The third kappa shape index (κ3) is 1.64. The molecule has 5 heteroatoms. The van der Waals surface area contributed by atoms with Crippen LogP contribution >= 0.6 is 0 Å². The maximum absolute atomic E-state index is 11.1. The summed E-state index contributed by atoms with van der Waals surface area (Å²) in [6.07, 6.45) is 1.60. The van der Waals surface area contributed by atoms with Crippen LogP contribution in [0.3, 0.4) is 0 Å². The number of nitrogens with one attached hydrogen (secondary N) is 1. The van der Waals surface area contributed by atoms with Crippen molar-refractivity contribution in [3.05, 3.63) is 34.7 Å². The van der Waals surface area contributed by atoms with Gasteiger partial charge < -0.3 is 5.32 Å².